The number of benzene rings is 2. The molecule has 0 aliphatic carbocycles. The molecule has 4 heteroatoms. The highest BCUT2D eigenvalue weighted by molar-refractivity contribution is 8.00. The predicted molar refractivity (Wildman–Crippen MR) is 96.2 cm³/mol. The van der Waals surface area contributed by atoms with Crippen molar-refractivity contribution in [3.05, 3.63) is 59.2 Å². The molecule has 0 saturated carbocycles. The van der Waals surface area contributed by atoms with Gasteiger partial charge >= 0.3 is 0 Å². The molecule has 1 fully saturated rings. The Balaban J connectivity index is 2.03. The first-order chi connectivity index (χ1) is 11.1. The average molecular weight is 327 g/mol. The maximum absolute atomic E-state index is 12.5. The van der Waals surface area contributed by atoms with Gasteiger partial charge in [-0.3, -0.25) is 9.69 Å². The summed E-state index contributed by atoms with van der Waals surface area (Å²) in [5.41, 5.74) is 4.36. The third-order valence-corrected chi connectivity index (χ3v) is 5.03. The van der Waals surface area contributed by atoms with Crippen LogP contribution in [0.4, 0.5) is 5.69 Å². The highest BCUT2D eigenvalue weighted by Crippen LogP contribution is 2.45. The fourth-order valence-electron chi connectivity index (χ4n) is 2.99. The van der Waals surface area contributed by atoms with Crippen molar-refractivity contribution < 1.29 is 9.53 Å². The zero-order chi connectivity index (χ0) is 16.4. The van der Waals surface area contributed by atoms with Crippen molar-refractivity contribution in [2.24, 2.45) is 0 Å². The monoisotopic (exact) mass is 327 g/mol. The Labute approximate surface area is 141 Å². The van der Waals surface area contributed by atoms with Crippen molar-refractivity contribution in [1.82, 2.24) is 0 Å². The van der Waals surface area contributed by atoms with Gasteiger partial charge in [0.1, 0.15) is 11.1 Å². The fourth-order valence-corrected chi connectivity index (χ4v) is 4.20. The number of anilines is 1. The molecule has 2 aromatic rings. The van der Waals surface area contributed by atoms with Gasteiger partial charge in [-0.05, 0) is 50.1 Å². The van der Waals surface area contributed by atoms with Crippen molar-refractivity contribution >= 4 is 23.4 Å². The van der Waals surface area contributed by atoms with E-state index in [1.807, 2.05) is 30.0 Å². The largest absolute Gasteiger partial charge is 0.493 e. The summed E-state index contributed by atoms with van der Waals surface area (Å²) in [6.45, 7) is 6.72. The van der Waals surface area contributed by atoms with Crippen LogP contribution in [-0.4, -0.2) is 18.3 Å². The molecule has 1 amide bonds. The Morgan fingerprint density at radius 3 is 2.57 bits per heavy atom. The van der Waals surface area contributed by atoms with Crippen molar-refractivity contribution in [2.75, 3.05) is 17.3 Å². The van der Waals surface area contributed by atoms with Crippen LogP contribution in [0.3, 0.4) is 0 Å². The van der Waals surface area contributed by atoms with E-state index in [0.29, 0.717) is 12.4 Å². The molecular formula is C19H21NO2S. The number of aryl methyl sites for hydroxylation is 2. The summed E-state index contributed by atoms with van der Waals surface area (Å²) >= 11 is 1.65. The topological polar surface area (TPSA) is 29.5 Å². The Bertz CT molecular complexity index is 709. The molecule has 1 aliphatic rings. The molecule has 0 spiro atoms. The smallest absolute Gasteiger partial charge is 0.238 e. The summed E-state index contributed by atoms with van der Waals surface area (Å²) < 4.78 is 5.77. The van der Waals surface area contributed by atoms with Crippen LogP contribution in [0, 0.1) is 13.8 Å². The molecular weight excluding hydrogens is 306 g/mol. The lowest BCUT2D eigenvalue weighted by atomic mass is 10.1. The summed E-state index contributed by atoms with van der Waals surface area (Å²) in [7, 11) is 0. The Morgan fingerprint density at radius 1 is 1.17 bits per heavy atom. The molecule has 1 atom stereocenters. The third kappa shape index (κ3) is 3.22. The average Bonchev–Trinajstić information content (AvgIpc) is 2.89. The number of hydrogen-bond donors (Lipinski definition) is 0. The first-order valence-corrected chi connectivity index (χ1v) is 8.88. The van der Waals surface area contributed by atoms with Crippen molar-refractivity contribution in [3.8, 4) is 5.75 Å². The molecule has 120 valence electrons. The minimum absolute atomic E-state index is 0.0357. The second-order valence-corrected chi connectivity index (χ2v) is 6.81. The van der Waals surface area contributed by atoms with Gasteiger partial charge in [-0.25, -0.2) is 0 Å². The number of hydrogen-bond acceptors (Lipinski definition) is 3. The van der Waals surface area contributed by atoms with E-state index in [1.165, 1.54) is 11.1 Å². The van der Waals surface area contributed by atoms with Gasteiger partial charge < -0.3 is 4.74 Å². The second-order valence-electron chi connectivity index (χ2n) is 5.74. The van der Waals surface area contributed by atoms with Gasteiger partial charge in [0.15, 0.2) is 0 Å². The maximum atomic E-state index is 12.5. The summed E-state index contributed by atoms with van der Waals surface area (Å²) in [6.07, 6.45) is 0. The van der Waals surface area contributed by atoms with Crippen LogP contribution < -0.4 is 9.64 Å². The number of carbonyl (C=O) groups excluding carboxylic acids is 1. The van der Waals surface area contributed by atoms with Gasteiger partial charge in [-0.1, -0.05) is 24.3 Å². The molecule has 0 radical (unpaired) electrons. The van der Waals surface area contributed by atoms with Crippen molar-refractivity contribution in [1.29, 1.82) is 0 Å². The zero-order valence-corrected chi connectivity index (χ0v) is 14.5. The summed E-state index contributed by atoms with van der Waals surface area (Å²) in [5, 5.41) is -0.0357. The lowest BCUT2D eigenvalue weighted by Crippen LogP contribution is -2.28. The van der Waals surface area contributed by atoms with E-state index in [9.17, 15) is 4.79 Å². The van der Waals surface area contributed by atoms with Crippen LogP contribution in [0.15, 0.2) is 42.5 Å². The molecule has 3 rings (SSSR count). The van der Waals surface area contributed by atoms with Crippen LogP contribution in [0.1, 0.15) is 29.0 Å². The molecule has 1 saturated heterocycles. The highest BCUT2D eigenvalue weighted by Gasteiger charge is 2.35. The van der Waals surface area contributed by atoms with E-state index in [-0.39, 0.29) is 11.3 Å². The summed E-state index contributed by atoms with van der Waals surface area (Å²) in [6, 6.07) is 14.3. The highest BCUT2D eigenvalue weighted by atomic mass is 32.2. The summed E-state index contributed by atoms with van der Waals surface area (Å²) in [4.78, 5) is 14.4. The number of para-hydroxylation sites is 1. The van der Waals surface area contributed by atoms with Gasteiger partial charge in [-0.2, -0.15) is 0 Å². The standard InChI is InChI=1S/C19H21NO2S/c1-4-22-17-8-6-5-7-16(17)19-20(18(21)12-23-19)15-10-13(2)9-14(3)11-15/h5-11,19H,4,12H2,1-3H3. The molecule has 1 unspecified atom stereocenters. The van der Waals surface area contributed by atoms with E-state index in [2.05, 4.69) is 38.1 Å². The second kappa shape index (κ2) is 6.67. The van der Waals surface area contributed by atoms with E-state index in [4.69, 9.17) is 4.74 Å². The molecule has 1 aliphatic heterocycles. The van der Waals surface area contributed by atoms with Gasteiger partial charge in [0.25, 0.3) is 0 Å². The SMILES string of the molecule is CCOc1ccccc1C1SCC(=O)N1c1cc(C)cc(C)c1. The number of nitrogens with zero attached hydrogens (tertiary/aromatic N) is 1. The minimum Gasteiger partial charge on any atom is -0.493 e. The molecule has 23 heavy (non-hydrogen) atoms. The fraction of sp³-hybridized carbons (Fsp3) is 0.316. The van der Waals surface area contributed by atoms with Crippen LogP contribution in [-0.2, 0) is 4.79 Å². The molecule has 0 aromatic heterocycles. The Kier molecular flexibility index (Phi) is 4.62. The quantitative estimate of drug-likeness (QED) is 0.829. The molecule has 0 bridgehead atoms. The first-order valence-electron chi connectivity index (χ1n) is 7.84. The molecule has 3 nitrogen and oxygen atoms in total. The lowest BCUT2D eigenvalue weighted by molar-refractivity contribution is -0.115. The lowest BCUT2D eigenvalue weighted by Gasteiger charge is -2.26. The number of carbonyl (C=O) groups is 1. The number of ether oxygens (including phenoxy) is 1. The van der Waals surface area contributed by atoms with Crippen LogP contribution in [0.5, 0.6) is 5.75 Å². The molecule has 0 N–H and O–H groups in total. The summed E-state index contributed by atoms with van der Waals surface area (Å²) in [5.74, 6) is 1.51. The number of thioether (sulfide) groups is 1. The predicted octanol–water partition coefficient (Wildman–Crippen LogP) is 4.48. The van der Waals surface area contributed by atoms with Gasteiger partial charge in [0.05, 0.1) is 12.4 Å². The van der Waals surface area contributed by atoms with Crippen LogP contribution in [0.25, 0.3) is 0 Å². The number of rotatable bonds is 4. The van der Waals surface area contributed by atoms with Gasteiger partial charge in [0.2, 0.25) is 5.91 Å². The number of amides is 1. The van der Waals surface area contributed by atoms with Crippen molar-refractivity contribution in [3.63, 3.8) is 0 Å². The van der Waals surface area contributed by atoms with Gasteiger partial charge in [-0.15, -0.1) is 11.8 Å². The third-order valence-electron chi connectivity index (χ3n) is 3.84. The molecule has 2 aromatic carbocycles. The van der Waals surface area contributed by atoms with E-state index in [0.717, 1.165) is 17.0 Å². The zero-order valence-electron chi connectivity index (χ0n) is 13.7. The van der Waals surface area contributed by atoms with Crippen LogP contribution >= 0.6 is 11.8 Å². The normalized spacial score (nSPS) is 17.6. The first kappa shape index (κ1) is 15.9. The van der Waals surface area contributed by atoms with Crippen molar-refractivity contribution in [2.45, 2.75) is 26.1 Å². The van der Waals surface area contributed by atoms with Gasteiger partial charge in [0, 0.05) is 11.3 Å². The maximum Gasteiger partial charge on any atom is 0.238 e. The van der Waals surface area contributed by atoms with E-state index in [1.54, 1.807) is 11.8 Å². The Morgan fingerprint density at radius 2 is 1.87 bits per heavy atom. The molecule has 1 heterocycles. The minimum atomic E-state index is -0.0357. The van der Waals surface area contributed by atoms with E-state index >= 15 is 0 Å². The van der Waals surface area contributed by atoms with E-state index < -0.39 is 0 Å². The Hall–Kier alpha value is -1.94. The van der Waals surface area contributed by atoms with Crippen LogP contribution in [0.2, 0.25) is 0 Å².